The summed E-state index contributed by atoms with van der Waals surface area (Å²) in [7, 11) is 0. The number of phenolic OH excluding ortho intramolecular Hbond substituents is 1. The second-order valence-corrected chi connectivity index (χ2v) is 6.74. The fraction of sp³-hybridized carbons (Fsp3) is 0.700. The van der Waals surface area contributed by atoms with Crippen LogP contribution in [0.3, 0.4) is 0 Å². The zero-order chi connectivity index (χ0) is 17.9. The minimum atomic E-state index is 0.429. The Kier molecular flexibility index (Phi) is 9.80. The third-order valence-corrected chi connectivity index (χ3v) is 4.24. The van der Waals surface area contributed by atoms with Gasteiger partial charge in [-0.05, 0) is 64.0 Å². The van der Waals surface area contributed by atoms with Crippen molar-refractivity contribution in [1.29, 1.82) is 0 Å². The minimum Gasteiger partial charge on any atom is -0.507 e. The first kappa shape index (κ1) is 20.8. The largest absolute Gasteiger partial charge is 0.507 e. The number of anilines is 1. The van der Waals surface area contributed by atoms with Crippen molar-refractivity contribution < 1.29 is 5.11 Å². The fourth-order valence-corrected chi connectivity index (χ4v) is 3.31. The highest BCUT2D eigenvalue weighted by Gasteiger charge is 2.14. The molecule has 0 amide bonds. The van der Waals surface area contributed by atoms with E-state index in [1.165, 1.54) is 0 Å². The Morgan fingerprint density at radius 3 is 1.38 bits per heavy atom. The topological polar surface area (TPSA) is 52.7 Å². The van der Waals surface area contributed by atoms with Crippen LogP contribution in [0.25, 0.3) is 0 Å². The monoisotopic (exact) mass is 335 g/mol. The van der Waals surface area contributed by atoms with Gasteiger partial charge >= 0.3 is 0 Å². The van der Waals surface area contributed by atoms with Gasteiger partial charge in [-0.25, -0.2) is 0 Å². The molecule has 0 aliphatic carbocycles. The van der Waals surface area contributed by atoms with Crippen LogP contribution < -0.4 is 5.73 Å². The molecule has 1 aromatic rings. The highest BCUT2D eigenvalue weighted by molar-refractivity contribution is 5.52. The second-order valence-electron chi connectivity index (χ2n) is 6.74. The molecule has 0 saturated heterocycles. The average molecular weight is 336 g/mol. The Morgan fingerprint density at radius 2 is 1.08 bits per heavy atom. The van der Waals surface area contributed by atoms with E-state index in [-0.39, 0.29) is 0 Å². The van der Waals surface area contributed by atoms with Crippen LogP contribution in [-0.4, -0.2) is 41.1 Å². The van der Waals surface area contributed by atoms with Crippen molar-refractivity contribution in [1.82, 2.24) is 9.80 Å². The first-order valence-corrected chi connectivity index (χ1v) is 9.60. The van der Waals surface area contributed by atoms with E-state index in [0.29, 0.717) is 5.75 Å². The predicted octanol–water partition coefficient (Wildman–Crippen LogP) is 4.22. The first-order valence-electron chi connectivity index (χ1n) is 9.60. The van der Waals surface area contributed by atoms with Gasteiger partial charge in [-0.3, -0.25) is 9.80 Å². The zero-order valence-electron chi connectivity index (χ0n) is 16.1. The summed E-state index contributed by atoms with van der Waals surface area (Å²) < 4.78 is 0. The van der Waals surface area contributed by atoms with Gasteiger partial charge in [-0.2, -0.15) is 0 Å². The summed E-state index contributed by atoms with van der Waals surface area (Å²) in [5, 5.41) is 10.8. The molecule has 0 spiro atoms. The number of nitrogen functional groups attached to an aromatic ring is 1. The van der Waals surface area contributed by atoms with E-state index in [1.807, 2.05) is 12.1 Å². The molecule has 4 nitrogen and oxygen atoms in total. The average Bonchev–Trinajstić information content (AvgIpc) is 2.52. The smallest absolute Gasteiger partial charge is 0.124 e. The minimum absolute atomic E-state index is 0.429. The SMILES string of the molecule is CCCN(CCC)Cc1cc(N)cc(CN(CCC)CCC)c1O. The van der Waals surface area contributed by atoms with Gasteiger partial charge in [0.1, 0.15) is 5.75 Å². The molecular formula is C20H37N3O. The van der Waals surface area contributed by atoms with Crippen molar-refractivity contribution in [3.63, 3.8) is 0 Å². The second kappa shape index (κ2) is 11.3. The van der Waals surface area contributed by atoms with E-state index >= 15 is 0 Å². The van der Waals surface area contributed by atoms with Gasteiger partial charge in [0.25, 0.3) is 0 Å². The zero-order valence-corrected chi connectivity index (χ0v) is 16.1. The standard InChI is InChI=1S/C20H37N3O/c1-5-9-22(10-6-2)15-17-13-19(21)14-18(20(17)24)16-23(11-7-3)12-8-4/h13-14,24H,5-12,15-16,21H2,1-4H3. The molecule has 0 fully saturated rings. The van der Waals surface area contributed by atoms with Crippen molar-refractivity contribution in [3.05, 3.63) is 23.3 Å². The molecule has 0 atom stereocenters. The van der Waals surface area contributed by atoms with Crippen LogP contribution in [0, 0.1) is 0 Å². The number of phenols is 1. The van der Waals surface area contributed by atoms with Gasteiger partial charge in [0.05, 0.1) is 0 Å². The van der Waals surface area contributed by atoms with E-state index in [9.17, 15) is 5.11 Å². The maximum Gasteiger partial charge on any atom is 0.124 e. The quantitative estimate of drug-likeness (QED) is 0.443. The lowest BCUT2D eigenvalue weighted by Crippen LogP contribution is -2.26. The van der Waals surface area contributed by atoms with Crippen LogP contribution in [0.5, 0.6) is 5.75 Å². The number of benzene rings is 1. The molecule has 1 rings (SSSR count). The first-order chi connectivity index (χ1) is 11.5. The van der Waals surface area contributed by atoms with E-state index in [4.69, 9.17) is 5.73 Å². The van der Waals surface area contributed by atoms with Crippen LogP contribution in [0.4, 0.5) is 5.69 Å². The molecule has 0 radical (unpaired) electrons. The third kappa shape index (κ3) is 6.70. The number of hydrogen-bond donors (Lipinski definition) is 2. The highest BCUT2D eigenvalue weighted by atomic mass is 16.3. The summed E-state index contributed by atoms with van der Waals surface area (Å²) in [6.07, 6.45) is 4.49. The molecule has 0 saturated carbocycles. The van der Waals surface area contributed by atoms with Crippen LogP contribution >= 0.6 is 0 Å². The molecule has 0 aliphatic heterocycles. The van der Waals surface area contributed by atoms with Gasteiger partial charge < -0.3 is 10.8 Å². The maximum absolute atomic E-state index is 10.8. The van der Waals surface area contributed by atoms with E-state index in [0.717, 1.165) is 81.8 Å². The lowest BCUT2D eigenvalue weighted by molar-refractivity contribution is 0.255. The molecular weight excluding hydrogens is 298 g/mol. The van der Waals surface area contributed by atoms with Gasteiger partial charge in [0.15, 0.2) is 0 Å². The van der Waals surface area contributed by atoms with E-state index in [2.05, 4.69) is 37.5 Å². The van der Waals surface area contributed by atoms with Crippen molar-refractivity contribution in [3.8, 4) is 5.75 Å². The van der Waals surface area contributed by atoms with Crippen molar-refractivity contribution in [2.75, 3.05) is 31.9 Å². The Morgan fingerprint density at radius 1 is 0.750 bits per heavy atom. The van der Waals surface area contributed by atoms with Crippen LogP contribution in [0.15, 0.2) is 12.1 Å². The van der Waals surface area contributed by atoms with Gasteiger partial charge in [0.2, 0.25) is 0 Å². The molecule has 0 unspecified atom stereocenters. The van der Waals surface area contributed by atoms with Crippen molar-refractivity contribution in [2.45, 2.75) is 66.5 Å². The normalized spacial score (nSPS) is 11.6. The summed E-state index contributed by atoms with van der Waals surface area (Å²) in [6, 6.07) is 3.86. The Bertz CT molecular complexity index is 425. The number of aromatic hydroxyl groups is 1. The van der Waals surface area contributed by atoms with E-state index < -0.39 is 0 Å². The molecule has 0 bridgehead atoms. The maximum atomic E-state index is 10.8. The van der Waals surface area contributed by atoms with Crippen LogP contribution in [-0.2, 0) is 13.1 Å². The highest BCUT2D eigenvalue weighted by Crippen LogP contribution is 2.28. The lowest BCUT2D eigenvalue weighted by Gasteiger charge is -2.25. The van der Waals surface area contributed by atoms with Crippen molar-refractivity contribution >= 4 is 5.69 Å². The molecule has 24 heavy (non-hydrogen) atoms. The Balaban J connectivity index is 2.96. The molecule has 3 N–H and O–H groups in total. The summed E-state index contributed by atoms with van der Waals surface area (Å²) in [5.41, 5.74) is 8.79. The number of rotatable bonds is 12. The molecule has 0 aliphatic rings. The molecule has 0 aromatic heterocycles. The Labute approximate surface area is 148 Å². The van der Waals surface area contributed by atoms with Crippen molar-refractivity contribution in [2.24, 2.45) is 0 Å². The molecule has 138 valence electrons. The van der Waals surface area contributed by atoms with Gasteiger partial charge in [-0.1, -0.05) is 27.7 Å². The van der Waals surface area contributed by atoms with Crippen LogP contribution in [0.2, 0.25) is 0 Å². The predicted molar refractivity (Wildman–Crippen MR) is 104 cm³/mol. The fourth-order valence-electron chi connectivity index (χ4n) is 3.31. The summed E-state index contributed by atoms with van der Waals surface area (Å²) in [5.74, 6) is 0.429. The summed E-state index contributed by atoms with van der Waals surface area (Å²) in [6.45, 7) is 14.5. The van der Waals surface area contributed by atoms with Gasteiger partial charge in [-0.15, -0.1) is 0 Å². The van der Waals surface area contributed by atoms with Crippen LogP contribution in [0.1, 0.15) is 64.5 Å². The molecule has 4 heteroatoms. The third-order valence-electron chi connectivity index (χ3n) is 4.24. The summed E-state index contributed by atoms with van der Waals surface area (Å²) >= 11 is 0. The van der Waals surface area contributed by atoms with Gasteiger partial charge in [0, 0.05) is 29.9 Å². The lowest BCUT2D eigenvalue weighted by atomic mass is 10.1. The Hall–Kier alpha value is -1.26. The summed E-state index contributed by atoms with van der Waals surface area (Å²) in [4.78, 5) is 4.79. The number of hydrogen-bond acceptors (Lipinski definition) is 4. The number of nitrogens with two attached hydrogens (primary N) is 1. The molecule has 1 aromatic carbocycles. The van der Waals surface area contributed by atoms with E-state index in [1.54, 1.807) is 0 Å². The number of nitrogens with zero attached hydrogens (tertiary/aromatic N) is 2. The molecule has 0 heterocycles.